The smallest absolute Gasteiger partial charge is 0.204 e. The van der Waals surface area contributed by atoms with Gasteiger partial charge in [-0.25, -0.2) is 0 Å². The average molecular weight is 437 g/mol. The summed E-state index contributed by atoms with van der Waals surface area (Å²) in [6.07, 6.45) is 7.41. The zero-order valence-electron chi connectivity index (χ0n) is 18.7. The average Bonchev–Trinajstić information content (AvgIpc) is 2.73. The monoisotopic (exact) mass is 436 g/mol. The van der Waals surface area contributed by atoms with Gasteiger partial charge in [-0.15, -0.1) is 0 Å². The van der Waals surface area contributed by atoms with E-state index in [-0.39, 0.29) is 51.5 Å². The van der Waals surface area contributed by atoms with Gasteiger partial charge in [-0.05, 0) is 57.7 Å². The Labute approximate surface area is 186 Å². The fourth-order valence-corrected chi connectivity index (χ4v) is 3.52. The minimum absolute atomic E-state index is 0.0128. The third kappa shape index (κ3) is 4.80. The molecule has 1 aromatic heterocycles. The summed E-state index contributed by atoms with van der Waals surface area (Å²) < 4.78 is 10.6. The maximum atomic E-state index is 13.2. The summed E-state index contributed by atoms with van der Waals surface area (Å²) in [5.74, 6) is -0.280. The Kier molecular flexibility index (Phi) is 6.93. The standard InChI is InChI=1S/C26H28O6/c1-15(2)6-5-7-16(3)8-10-18-20(27)13-23-24(25(18)29)26(30)19(14-32-23)17-9-11-22(31-4)21(28)12-17/h6,8-9,11-14,27-29H,5,7,10H2,1-4H3/b16-8+. The quantitative estimate of drug-likeness (QED) is 0.404. The first-order chi connectivity index (χ1) is 15.2. The summed E-state index contributed by atoms with van der Waals surface area (Å²) in [7, 11) is 1.43. The Morgan fingerprint density at radius 3 is 2.47 bits per heavy atom. The van der Waals surface area contributed by atoms with Crippen LogP contribution in [-0.4, -0.2) is 22.4 Å². The van der Waals surface area contributed by atoms with Crippen LogP contribution in [0.25, 0.3) is 22.1 Å². The zero-order chi connectivity index (χ0) is 23.4. The first kappa shape index (κ1) is 23.0. The molecular formula is C26H28O6. The summed E-state index contributed by atoms with van der Waals surface area (Å²) in [5, 5.41) is 31.3. The van der Waals surface area contributed by atoms with Gasteiger partial charge in [0.1, 0.15) is 28.7 Å². The summed E-state index contributed by atoms with van der Waals surface area (Å²) in [4.78, 5) is 13.2. The lowest BCUT2D eigenvalue weighted by atomic mass is 10.00. The molecule has 0 aliphatic heterocycles. The molecule has 0 radical (unpaired) electrons. The Bertz CT molecular complexity index is 1260. The Morgan fingerprint density at radius 1 is 1.06 bits per heavy atom. The number of phenols is 3. The van der Waals surface area contributed by atoms with Crippen molar-refractivity contribution in [2.75, 3.05) is 7.11 Å². The van der Waals surface area contributed by atoms with Gasteiger partial charge >= 0.3 is 0 Å². The van der Waals surface area contributed by atoms with Crippen molar-refractivity contribution in [3.05, 3.63) is 69.6 Å². The van der Waals surface area contributed by atoms with E-state index in [4.69, 9.17) is 9.15 Å². The molecular weight excluding hydrogens is 408 g/mol. The molecule has 0 bridgehead atoms. The number of ether oxygens (including phenoxy) is 1. The van der Waals surface area contributed by atoms with Crippen LogP contribution in [0.3, 0.4) is 0 Å². The topological polar surface area (TPSA) is 100 Å². The Morgan fingerprint density at radius 2 is 1.81 bits per heavy atom. The molecule has 0 fully saturated rings. The van der Waals surface area contributed by atoms with Gasteiger partial charge < -0.3 is 24.5 Å². The highest BCUT2D eigenvalue weighted by Gasteiger charge is 2.19. The fourth-order valence-electron chi connectivity index (χ4n) is 3.52. The number of methoxy groups -OCH3 is 1. The highest BCUT2D eigenvalue weighted by Crippen LogP contribution is 2.37. The maximum Gasteiger partial charge on any atom is 0.204 e. The van der Waals surface area contributed by atoms with E-state index in [0.717, 1.165) is 18.4 Å². The second-order valence-corrected chi connectivity index (χ2v) is 8.04. The van der Waals surface area contributed by atoms with E-state index in [1.54, 1.807) is 12.1 Å². The number of hydrogen-bond acceptors (Lipinski definition) is 6. The molecule has 0 unspecified atom stereocenters. The predicted octanol–water partition coefficient (Wildman–Crippen LogP) is 5.82. The molecule has 3 N–H and O–H groups in total. The zero-order valence-corrected chi connectivity index (χ0v) is 18.7. The minimum atomic E-state index is -0.459. The van der Waals surface area contributed by atoms with Crippen LogP contribution in [0.5, 0.6) is 23.0 Å². The number of phenolic OH excluding ortho intramolecular Hbond substituents is 3. The normalized spacial score (nSPS) is 11.6. The molecule has 32 heavy (non-hydrogen) atoms. The van der Waals surface area contributed by atoms with Crippen molar-refractivity contribution in [1.29, 1.82) is 0 Å². The lowest BCUT2D eigenvalue weighted by molar-refractivity contribution is 0.373. The molecule has 1 heterocycles. The Balaban J connectivity index is 2.02. The highest BCUT2D eigenvalue weighted by atomic mass is 16.5. The number of aromatic hydroxyl groups is 3. The summed E-state index contributed by atoms with van der Waals surface area (Å²) in [6.45, 7) is 6.10. The van der Waals surface area contributed by atoms with E-state index in [9.17, 15) is 20.1 Å². The molecule has 0 aliphatic carbocycles. The van der Waals surface area contributed by atoms with Crippen molar-refractivity contribution in [2.24, 2.45) is 0 Å². The molecule has 0 atom stereocenters. The van der Waals surface area contributed by atoms with Crippen LogP contribution < -0.4 is 10.2 Å². The molecule has 6 heteroatoms. The molecule has 168 valence electrons. The van der Waals surface area contributed by atoms with E-state index in [1.807, 2.05) is 13.0 Å². The number of benzene rings is 2. The fraction of sp³-hybridized carbons (Fsp3) is 0.269. The second kappa shape index (κ2) is 9.64. The van der Waals surface area contributed by atoms with Crippen LogP contribution in [0.15, 0.2) is 63.0 Å². The van der Waals surface area contributed by atoms with Gasteiger partial charge in [-0.3, -0.25) is 4.79 Å². The number of hydrogen-bond donors (Lipinski definition) is 3. The molecule has 6 nitrogen and oxygen atoms in total. The molecule has 0 saturated heterocycles. The molecule has 3 aromatic rings. The summed E-state index contributed by atoms with van der Waals surface area (Å²) in [5.41, 5.74) is 2.87. The van der Waals surface area contributed by atoms with Crippen LogP contribution in [0, 0.1) is 0 Å². The largest absolute Gasteiger partial charge is 0.507 e. The first-order valence-electron chi connectivity index (χ1n) is 10.4. The van der Waals surface area contributed by atoms with E-state index in [2.05, 4.69) is 19.9 Å². The number of rotatable bonds is 7. The van der Waals surface area contributed by atoms with Gasteiger partial charge in [-0.2, -0.15) is 0 Å². The molecule has 0 amide bonds. The predicted molar refractivity (Wildman–Crippen MR) is 126 cm³/mol. The Hall–Kier alpha value is -3.67. The van der Waals surface area contributed by atoms with Crippen molar-refractivity contribution in [2.45, 2.75) is 40.0 Å². The minimum Gasteiger partial charge on any atom is -0.507 e. The highest BCUT2D eigenvalue weighted by molar-refractivity contribution is 5.90. The van der Waals surface area contributed by atoms with Crippen molar-refractivity contribution >= 4 is 11.0 Å². The van der Waals surface area contributed by atoms with Crippen molar-refractivity contribution in [3.63, 3.8) is 0 Å². The van der Waals surface area contributed by atoms with Crippen LogP contribution in [0.2, 0.25) is 0 Å². The third-order valence-corrected chi connectivity index (χ3v) is 5.36. The molecule has 3 rings (SSSR count). The van der Waals surface area contributed by atoms with Crippen LogP contribution in [0.4, 0.5) is 0 Å². The lowest BCUT2D eigenvalue weighted by Crippen LogP contribution is -2.06. The van der Waals surface area contributed by atoms with Gasteiger partial charge in [0, 0.05) is 11.6 Å². The van der Waals surface area contributed by atoms with Gasteiger partial charge in [0.25, 0.3) is 0 Å². The van der Waals surface area contributed by atoms with Crippen LogP contribution in [-0.2, 0) is 6.42 Å². The third-order valence-electron chi connectivity index (χ3n) is 5.36. The molecule has 0 spiro atoms. The molecule has 2 aromatic carbocycles. The van der Waals surface area contributed by atoms with Crippen LogP contribution >= 0.6 is 0 Å². The second-order valence-electron chi connectivity index (χ2n) is 8.04. The van der Waals surface area contributed by atoms with Crippen LogP contribution in [0.1, 0.15) is 39.2 Å². The SMILES string of the molecule is COc1ccc(-c2coc3cc(O)c(C/C=C(\C)CCC=C(C)C)c(O)c3c2=O)cc1O. The van der Waals surface area contributed by atoms with Gasteiger partial charge in [0.2, 0.25) is 5.43 Å². The molecule has 0 aliphatic rings. The number of fused-ring (bicyclic) bond motifs is 1. The van der Waals surface area contributed by atoms with Gasteiger partial charge in [0.15, 0.2) is 11.5 Å². The van der Waals surface area contributed by atoms with Crippen molar-refractivity contribution < 1.29 is 24.5 Å². The lowest BCUT2D eigenvalue weighted by Gasteiger charge is -2.11. The molecule has 0 saturated carbocycles. The summed E-state index contributed by atoms with van der Waals surface area (Å²) >= 11 is 0. The van der Waals surface area contributed by atoms with Crippen molar-refractivity contribution in [1.82, 2.24) is 0 Å². The van der Waals surface area contributed by atoms with Crippen molar-refractivity contribution in [3.8, 4) is 34.1 Å². The van der Waals surface area contributed by atoms with E-state index in [0.29, 0.717) is 5.56 Å². The maximum absolute atomic E-state index is 13.2. The van der Waals surface area contributed by atoms with E-state index in [1.165, 1.54) is 31.1 Å². The first-order valence-corrected chi connectivity index (χ1v) is 10.4. The number of allylic oxidation sites excluding steroid dienone is 4. The van der Waals surface area contributed by atoms with Gasteiger partial charge in [0.05, 0.1) is 12.7 Å². The van der Waals surface area contributed by atoms with Gasteiger partial charge in [-0.1, -0.05) is 29.4 Å². The summed E-state index contributed by atoms with van der Waals surface area (Å²) in [6, 6.07) is 5.90. The van der Waals surface area contributed by atoms with E-state index < -0.39 is 5.43 Å². The van der Waals surface area contributed by atoms with E-state index >= 15 is 0 Å².